The molecule has 0 aromatic carbocycles. The Morgan fingerprint density at radius 1 is 1.45 bits per heavy atom. The summed E-state index contributed by atoms with van der Waals surface area (Å²) in [7, 11) is 1.51. The molecule has 2 heterocycles. The highest BCUT2D eigenvalue weighted by molar-refractivity contribution is 5.94. The smallest absolute Gasteiger partial charge is 0.251 e. The van der Waals surface area contributed by atoms with Crippen molar-refractivity contribution in [2.45, 2.75) is 20.4 Å². The van der Waals surface area contributed by atoms with Gasteiger partial charge in [-0.2, -0.15) is 5.10 Å². The third-order valence-electron chi connectivity index (χ3n) is 2.78. The van der Waals surface area contributed by atoms with E-state index in [9.17, 15) is 4.79 Å². The number of carbonyl (C=O) groups is 1. The standard InChI is InChI=1S/C13H17N5O2/c1-9-16-10(2)18(17-9)7-6-15-13(19)11-4-5-14-12(8-11)20-3/h4-5,8H,6-7H2,1-3H3,(H,15,19). The number of aromatic nitrogens is 4. The van der Waals surface area contributed by atoms with E-state index in [1.165, 1.54) is 7.11 Å². The van der Waals surface area contributed by atoms with Gasteiger partial charge in [-0.3, -0.25) is 4.79 Å². The van der Waals surface area contributed by atoms with Crippen LogP contribution in [-0.4, -0.2) is 39.3 Å². The molecule has 0 saturated heterocycles. The van der Waals surface area contributed by atoms with Crippen molar-refractivity contribution in [3.63, 3.8) is 0 Å². The number of ether oxygens (including phenoxy) is 1. The first-order chi connectivity index (χ1) is 9.60. The monoisotopic (exact) mass is 275 g/mol. The Bertz CT molecular complexity index is 609. The molecule has 0 spiro atoms. The highest BCUT2D eigenvalue weighted by atomic mass is 16.5. The second-order valence-corrected chi connectivity index (χ2v) is 4.27. The molecule has 1 amide bonds. The van der Waals surface area contributed by atoms with E-state index in [4.69, 9.17) is 4.74 Å². The maximum atomic E-state index is 12.0. The van der Waals surface area contributed by atoms with Crippen molar-refractivity contribution >= 4 is 5.91 Å². The lowest BCUT2D eigenvalue weighted by molar-refractivity contribution is 0.0951. The fraction of sp³-hybridized carbons (Fsp3) is 0.385. The Kier molecular flexibility index (Phi) is 4.29. The zero-order valence-corrected chi connectivity index (χ0v) is 11.8. The van der Waals surface area contributed by atoms with Gasteiger partial charge in [0.15, 0.2) is 0 Å². The maximum Gasteiger partial charge on any atom is 0.251 e. The Morgan fingerprint density at radius 3 is 2.90 bits per heavy atom. The van der Waals surface area contributed by atoms with Gasteiger partial charge in [-0.15, -0.1) is 0 Å². The summed E-state index contributed by atoms with van der Waals surface area (Å²) < 4.78 is 6.75. The van der Waals surface area contributed by atoms with Gasteiger partial charge in [0, 0.05) is 24.4 Å². The summed E-state index contributed by atoms with van der Waals surface area (Å²) >= 11 is 0. The van der Waals surface area contributed by atoms with E-state index in [1.807, 2.05) is 13.8 Å². The number of rotatable bonds is 5. The quantitative estimate of drug-likeness (QED) is 0.869. The SMILES string of the molecule is COc1cc(C(=O)NCCn2nc(C)nc2C)ccn1. The van der Waals surface area contributed by atoms with Crippen LogP contribution in [0, 0.1) is 13.8 Å². The predicted molar refractivity (Wildman–Crippen MR) is 72.6 cm³/mol. The number of amides is 1. The fourth-order valence-corrected chi connectivity index (χ4v) is 1.81. The Morgan fingerprint density at radius 2 is 2.25 bits per heavy atom. The summed E-state index contributed by atoms with van der Waals surface area (Å²) in [5.41, 5.74) is 0.517. The summed E-state index contributed by atoms with van der Waals surface area (Å²) in [6.07, 6.45) is 1.54. The minimum Gasteiger partial charge on any atom is -0.481 e. The van der Waals surface area contributed by atoms with E-state index in [2.05, 4.69) is 20.4 Å². The highest BCUT2D eigenvalue weighted by Gasteiger charge is 2.07. The molecule has 0 atom stereocenters. The fourth-order valence-electron chi connectivity index (χ4n) is 1.81. The number of hydrogen-bond donors (Lipinski definition) is 1. The topological polar surface area (TPSA) is 81.9 Å². The van der Waals surface area contributed by atoms with E-state index < -0.39 is 0 Å². The average molecular weight is 275 g/mol. The molecule has 0 aliphatic heterocycles. The average Bonchev–Trinajstić information content (AvgIpc) is 2.77. The molecule has 7 nitrogen and oxygen atoms in total. The molecule has 1 N–H and O–H groups in total. The largest absolute Gasteiger partial charge is 0.481 e. The summed E-state index contributed by atoms with van der Waals surface area (Å²) in [5.74, 6) is 1.82. The normalized spacial score (nSPS) is 10.3. The van der Waals surface area contributed by atoms with E-state index in [0.29, 0.717) is 24.5 Å². The molecule has 2 aromatic heterocycles. The lowest BCUT2D eigenvalue weighted by Gasteiger charge is -2.07. The molecule has 0 saturated carbocycles. The second-order valence-electron chi connectivity index (χ2n) is 4.27. The maximum absolute atomic E-state index is 12.0. The minimum atomic E-state index is -0.166. The number of methoxy groups -OCH3 is 1. The molecule has 2 rings (SSSR count). The first-order valence-electron chi connectivity index (χ1n) is 6.26. The molecule has 0 bridgehead atoms. The Balaban J connectivity index is 1.90. The molecule has 106 valence electrons. The summed E-state index contributed by atoms with van der Waals surface area (Å²) in [6.45, 7) is 4.79. The third kappa shape index (κ3) is 3.31. The van der Waals surface area contributed by atoms with Crippen LogP contribution in [0.25, 0.3) is 0 Å². The third-order valence-corrected chi connectivity index (χ3v) is 2.78. The van der Waals surface area contributed by atoms with Crippen LogP contribution in [0.1, 0.15) is 22.0 Å². The summed E-state index contributed by atoms with van der Waals surface area (Å²) in [4.78, 5) is 20.1. The van der Waals surface area contributed by atoms with Crippen LogP contribution in [0.15, 0.2) is 18.3 Å². The molecule has 0 unspecified atom stereocenters. The summed E-state index contributed by atoms with van der Waals surface area (Å²) in [5, 5.41) is 7.06. The van der Waals surface area contributed by atoms with Crippen molar-refractivity contribution in [3.8, 4) is 5.88 Å². The van der Waals surface area contributed by atoms with Crippen molar-refractivity contribution in [1.82, 2.24) is 25.1 Å². The van der Waals surface area contributed by atoms with E-state index in [1.54, 1.807) is 23.0 Å². The zero-order chi connectivity index (χ0) is 14.5. The number of pyridine rings is 1. The molecule has 2 aromatic rings. The van der Waals surface area contributed by atoms with Gasteiger partial charge >= 0.3 is 0 Å². The van der Waals surface area contributed by atoms with Crippen molar-refractivity contribution in [1.29, 1.82) is 0 Å². The molecule has 0 radical (unpaired) electrons. The number of aryl methyl sites for hydroxylation is 2. The van der Waals surface area contributed by atoms with Crippen molar-refractivity contribution in [3.05, 3.63) is 35.5 Å². The first kappa shape index (κ1) is 14.0. The molecular formula is C13H17N5O2. The zero-order valence-electron chi connectivity index (χ0n) is 11.8. The van der Waals surface area contributed by atoms with Crippen LogP contribution in [0.5, 0.6) is 5.88 Å². The van der Waals surface area contributed by atoms with Crippen LogP contribution in [-0.2, 0) is 6.54 Å². The molecule has 7 heteroatoms. The number of carbonyl (C=O) groups excluding carboxylic acids is 1. The van der Waals surface area contributed by atoms with Gasteiger partial charge in [-0.25, -0.2) is 14.6 Å². The number of hydrogen-bond acceptors (Lipinski definition) is 5. The molecule has 0 fully saturated rings. The highest BCUT2D eigenvalue weighted by Crippen LogP contribution is 2.08. The van der Waals surface area contributed by atoms with Crippen molar-refractivity contribution in [2.75, 3.05) is 13.7 Å². The summed E-state index contributed by atoms with van der Waals surface area (Å²) in [6, 6.07) is 3.24. The Hall–Kier alpha value is -2.44. The minimum absolute atomic E-state index is 0.166. The van der Waals surface area contributed by atoms with Gasteiger partial charge in [0.25, 0.3) is 5.91 Å². The van der Waals surface area contributed by atoms with E-state index in [-0.39, 0.29) is 5.91 Å². The van der Waals surface area contributed by atoms with Crippen LogP contribution in [0.2, 0.25) is 0 Å². The van der Waals surface area contributed by atoms with Gasteiger partial charge in [0.1, 0.15) is 11.6 Å². The molecular weight excluding hydrogens is 258 g/mol. The first-order valence-corrected chi connectivity index (χ1v) is 6.26. The molecule has 20 heavy (non-hydrogen) atoms. The lowest BCUT2D eigenvalue weighted by Crippen LogP contribution is -2.27. The number of nitrogens with zero attached hydrogens (tertiary/aromatic N) is 4. The van der Waals surface area contributed by atoms with Gasteiger partial charge in [0.05, 0.1) is 13.7 Å². The van der Waals surface area contributed by atoms with E-state index in [0.717, 1.165) is 11.6 Å². The van der Waals surface area contributed by atoms with Gasteiger partial charge < -0.3 is 10.1 Å². The number of nitrogens with one attached hydrogen (secondary N) is 1. The second kappa shape index (κ2) is 6.14. The Labute approximate surface area is 117 Å². The predicted octanol–water partition coefficient (Wildman–Crippen LogP) is 0.729. The lowest BCUT2D eigenvalue weighted by atomic mass is 10.2. The van der Waals surface area contributed by atoms with Crippen LogP contribution < -0.4 is 10.1 Å². The van der Waals surface area contributed by atoms with Crippen molar-refractivity contribution < 1.29 is 9.53 Å². The van der Waals surface area contributed by atoms with E-state index >= 15 is 0 Å². The van der Waals surface area contributed by atoms with Crippen molar-refractivity contribution in [2.24, 2.45) is 0 Å². The van der Waals surface area contributed by atoms with Gasteiger partial charge in [-0.05, 0) is 19.9 Å². The van der Waals surface area contributed by atoms with Gasteiger partial charge in [0.2, 0.25) is 5.88 Å². The van der Waals surface area contributed by atoms with Crippen LogP contribution >= 0.6 is 0 Å². The molecule has 0 aliphatic carbocycles. The molecule has 0 aliphatic rings. The van der Waals surface area contributed by atoms with Crippen LogP contribution in [0.4, 0.5) is 0 Å². The van der Waals surface area contributed by atoms with Crippen LogP contribution in [0.3, 0.4) is 0 Å². The van der Waals surface area contributed by atoms with Gasteiger partial charge in [-0.1, -0.05) is 0 Å².